The minimum absolute atomic E-state index is 0.890. The van der Waals surface area contributed by atoms with Crippen molar-refractivity contribution in [1.29, 1.82) is 0 Å². The molecule has 0 atom stereocenters. The van der Waals surface area contributed by atoms with Crippen LogP contribution in [0.1, 0.15) is 29.7 Å². The van der Waals surface area contributed by atoms with Gasteiger partial charge in [0.1, 0.15) is 5.82 Å². The Bertz CT molecular complexity index is 474. The van der Waals surface area contributed by atoms with E-state index in [1.807, 2.05) is 7.05 Å². The minimum atomic E-state index is 0.890. The third kappa shape index (κ3) is 2.81. The summed E-state index contributed by atoms with van der Waals surface area (Å²) in [6, 6.07) is 3.08. The molecular formula is C16H26N4. The SMILES string of the molecule is CNCc1c(C)cc(C)nc1N1CCN(C2CC2)CC1. The Balaban J connectivity index is 1.78. The van der Waals surface area contributed by atoms with Crippen molar-refractivity contribution < 1.29 is 0 Å². The van der Waals surface area contributed by atoms with E-state index in [2.05, 4.69) is 35.0 Å². The van der Waals surface area contributed by atoms with Crippen LogP contribution in [0.5, 0.6) is 0 Å². The molecule has 2 fully saturated rings. The summed E-state index contributed by atoms with van der Waals surface area (Å²) in [4.78, 5) is 9.96. The first-order valence-electron chi connectivity index (χ1n) is 7.79. The van der Waals surface area contributed by atoms with Crippen molar-refractivity contribution in [2.45, 2.75) is 39.3 Å². The van der Waals surface area contributed by atoms with Crippen LogP contribution >= 0.6 is 0 Å². The van der Waals surface area contributed by atoms with Crippen LogP contribution in [0.15, 0.2) is 6.07 Å². The minimum Gasteiger partial charge on any atom is -0.354 e. The Morgan fingerprint density at radius 2 is 1.90 bits per heavy atom. The maximum atomic E-state index is 4.83. The molecule has 0 bridgehead atoms. The molecule has 1 aromatic rings. The number of nitrogens with zero attached hydrogens (tertiary/aromatic N) is 3. The second kappa shape index (κ2) is 5.70. The van der Waals surface area contributed by atoms with Crippen molar-refractivity contribution in [3.05, 3.63) is 22.9 Å². The van der Waals surface area contributed by atoms with Crippen LogP contribution < -0.4 is 10.2 Å². The van der Waals surface area contributed by atoms with E-state index in [1.54, 1.807) is 0 Å². The molecule has 1 N–H and O–H groups in total. The number of rotatable bonds is 4. The average molecular weight is 274 g/mol. The van der Waals surface area contributed by atoms with Gasteiger partial charge in [-0.15, -0.1) is 0 Å². The van der Waals surface area contributed by atoms with Gasteiger partial charge in [0.05, 0.1) is 0 Å². The van der Waals surface area contributed by atoms with E-state index in [0.29, 0.717) is 0 Å². The first-order valence-corrected chi connectivity index (χ1v) is 7.79. The molecule has 1 saturated heterocycles. The molecule has 3 rings (SSSR count). The molecule has 2 heterocycles. The van der Waals surface area contributed by atoms with Gasteiger partial charge in [0.25, 0.3) is 0 Å². The van der Waals surface area contributed by atoms with E-state index in [1.165, 1.54) is 42.9 Å². The van der Waals surface area contributed by atoms with Crippen molar-refractivity contribution in [2.24, 2.45) is 0 Å². The highest BCUT2D eigenvalue weighted by molar-refractivity contribution is 5.52. The Morgan fingerprint density at radius 3 is 2.50 bits per heavy atom. The molecule has 1 saturated carbocycles. The number of aryl methyl sites for hydroxylation is 2. The number of pyridine rings is 1. The van der Waals surface area contributed by atoms with Gasteiger partial charge in [0.15, 0.2) is 0 Å². The zero-order valence-electron chi connectivity index (χ0n) is 12.9. The third-order valence-corrected chi connectivity index (χ3v) is 4.48. The molecule has 4 heteroatoms. The third-order valence-electron chi connectivity index (χ3n) is 4.48. The lowest BCUT2D eigenvalue weighted by Crippen LogP contribution is -2.48. The second-order valence-electron chi connectivity index (χ2n) is 6.17. The quantitative estimate of drug-likeness (QED) is 0.905. The fourth-order valence-corrected chi connectivity index (χ4v) is 3.24. The summed E-state index contributed by atoms with van der Waals surface area (Å²) in [5, 5.41) is 3.28. The molecule has 20 heavy (non-hydrogen) atoms. The summed E-state index contributed by atoms with van der Waals surface area (Å²) in [6.07, 6.45) is 2.82. The second-order valence-corrected chi connectivity index (χ2v) is 6.17. The maximum Gasteiger partial charge on any atom is 0.133 e. The first-order chi connectivity index (χ1) is 9.69. The van der Waals surface area contributed by atoms with Crippen LogP contribution in [0.25, 0.3) is 0 Å². The lowest BCUT2D eigenvalue weighted by molar-refractivity contribution is 0.247. The largest absolute Gasteiger partial charge is 0.354 e. The molecule has 1 aliphatic carbocycles. The molecule has 1 aromatic heterocycles. The Hall–Kier alpha value is -1.13. The summed E-state index contributed by atoms with van der Waals surface area (Å²) < 4.78 is 0. The van der Waals surface area contributed by atoms with E-state index < -0.39 is 0 Å². The topological polar surface area (TPSA) is 31.4 Å². The van der Waals surface area contributed by atoms with Crippen LogP contribution in [0.4, 0.5) is 5.82 Å². The van der Waals surface area contributed by atoms with Gasteiger partial charge in [-0.05, 0) is 45.4 Å². The van der Waals surface area contributed by atoms with Crippen LogP contribution in [0.3, 0.4) is 0 Å². The highest BCUT2D eigenvalue weighted by Crippen LogP contribution is 2.29. The molecular weight excluding hydrogens is 248 g/mol. The van der Waals surface area contributed by atoms with Crippen molar-refractivity contribution >= 4 is 5.82 Å². The zero-order chi connectivity index (χ0) is 14.1. The molecule has 4 nitrogen and oxygen atoms in total. The lowest BCUT2D eigenvalue weighted by atomic mass is 10.1. The molecule has 0 aromatic carbocycles. The van der Waals surface area contributed by atoms with Gasteiger partial charge in [-0.1, -0.05) is 0 Å². The fraction of sp³-hybridized carbons (Fsp3) is 0.688. The van der Waals surface area contributed by atoms with Gasteiger partial charge in [-0.2, -0.15) is 0 Å². The van der Waals surface area contributed by atoms with E-state index in [9.17, 15) is 0 Å². The highest BCUT2D eigenvalue weighted by Gasteiger charge is 2.31. The van der Waals surface area contributed by atoms with Crippen molar-refractivity contribution in [2.75, 3.05) is 38.1 Å². The fourth-order valence-electron chi connectivity index (χ4n) is 3.24. The Morgan fingerprint density at radius 1 is 1.20 bits per heavy atom. The molecule has 0 unspecified atom stereocenters. The van der Waals surface area contributed by atoms with E-state index in [0.717, 1.165) is 31.4 Å². The van der Waals surface area contributed by atoms with Gasteiger partial charge >= 0.3 is 0 Å². The smallest absolute Gasteiger partial charge is 0.133 e. The summed E-state index contributed by atoms with van der Waals surface area (Å²) >= 11 is 0. The van der Waals surface area contributed by atoms with Gasteiger partial charge in [-0.3, -0.25) is 4.90 Å². The molecule has 0 spiro atoms. The highest BCUT2D eigenvalue weighted by atomic mass is 15.3. The monoisotopic (exact) mass is 274 g/mol. The van der Waals surface area contributed by atoms with Gasteiger partial charge in [0, 0.05) is 50.0 Å². The summed E-state index contributed by atoms with van der Waals surface area (Å²) in [5.41, 5.74) is 3.84. The Kier molecular flexibility index (Phi) is 3.94. The summed E-state index contributed by atoms with van der Waals surface area (Å²) in [6.45, 7) is 9.81. The van der Waals surface area contributed by atoms with Gasteiger partial charge in [-0.25, -0.2) is 4.98 Å². The molecule has 110 valence electrons. The van der Waals surface area contributed by atoms with Crippen molar-refractivity contribution in [1.82, 2.24) is 15.2 Å². The number of anilines is 1. The number of nitrogens with one attached hydrogen (secondary N) is 1. The van der Waals surface area contributed by atoms with Crippen LogP contribution in [-0.2, 0) is 6.54 Å². The molecule has 2 aliphatic rings. The number of hydrogen-bond acceptors (Lipinski definition) is 4. The summed E-state index contributed by atoms with van der Waals surface area (Å²) in [5.74, 6) is 1.20. The van der Waals surface area contributed by atoms with Gasteiger partial charge in [0.2, 0.25) is 0 Å². The van der Waals surface area contributed by atoms with Crippen molar-refractivity contribution in [3.8, 4) is 0 Å². The van der Waals surface area contributed by atoms with Crippen LogP contribution in [0, 0.1) is 13.8 Å². The first kappa shape index (κ1) is 13.8. The predicted molar refractivity (Wildman–Crippen MR) is 83.3 cm³/mol. The standard InChI is InChI=1S/C16H26N4/c1-12-10-13(2)18-16(15(12)11-17-3)20-8-6-19(7-9-20)14-4-5-14/h10,14,17H,4-9,11H2,1-3H3. The van der Waals surface area contributed by atoms with E-state index in [4.69, 9.17) is 4.98 Å². The van der Waals surface area contributed by atoms with Crippen LogP contribution in [-0.4, -0.2) is 49.2 Å². The van der Waals surface area contributed by atoms with Gasteiger partial charge < -0.3 is 10.2 Å². The summed E-state index contributed by atoms with van der Waals surface area (Å²) in [7, 11) is 2.01. The number of aromatic nitrogens is 1. The average Bonchev–Trinajstić information content (AvgIpc) is 3.26. The van der Waals surface area contributed by atoms with Crippen molar-refractivity contribution in [3.63, 3.8) is 0 Å². The number of piperazine rings is 1. The molecule has 0 amide bonds. The predicted octanol–water partition coefficient (Wildman–Crippen LogP) is 1.70. The van der Waals surface area contributed by atoms with E-state index in [-0.39, 0.29) is 0 Å². The molecule has 0 radical (unpaired) electrons. The Labute approximate surface area is 122 Å². The maximum absolute atomic E-state index is 4.83. The normalized spacial score (nSPS) is 20.4. The van der Waals surface area contributed by atoms with Crippen LogP contribution in [0.2, 0.25) is 0 Å². The van der Waals surface area contributed by atoms with E-state index >= 15 is 0 Å². The zero-order valence-corrected chi connectivity index (χ0v) is 12.9. The molecule has 1 aliphatic heterocycles. The lowest BCUT2D eigenvalue weighted by Gasteiger charge is -2.36. The number of hydrogen-bond donors (Lipinski definition) is 1.